The molecule has 0 unspecified atom stereocenters. The van der Waals surface area contributed by atoms with E-state index in [0.717, 1.165) is 5.69 Å². The Balaban J connectivity index is 1.73. The van der Waals surface area contributed by atoms with Crippen LogP contribution in [0.15, 0.2) is 66.3 Å². The number of carbonyl (C=O) groups excluding carboxylic acids is 1. The number of hydrogen-bond acceptors (Lipinski definition) is 5. The van der Waals surface area contributed by atoms with Gasteiger partial charge in [-0.15, -0.1) is 10.2 Å². The van der Waals surface area contributed by atoms with Crippen molar-refractivity contribution in [3.63, 3.8) is 0 Å². The monoisotopic (exact) mass is 296 g/mol. The van der Waals surface area contributed by atoms with Gasteiger partial charge in [0.1, 0.15) is 6.33 Å². The summed E-state index contributed by atoms with van der Waals surface area (Å²) in [5.74, 6) is 0.393. The van der Waals surface area contributed by atoms with Crippen molar-refractivity contribution >= 4 is 17.5 Å². The molecule has 2 aromatic heterocycles. The van der Waals surface area contributed by atoms with Crippen molar-refractivity contribution in [2.24, 2.45) is 0 Å². The van der Waals surface area contributed by atoms with Gasteiger partial charge in [-0.05, 0) is 12.1 Å². The first-order chi connectivity index (χ1) is 10.3. The maximum atomic E-state index is 12.1. The number of benzene rings is 1. The lowest BCUT2D eigenvalue weighted by atomic mass is 10.2. The Labute approximate surface area is 126 Å². The first kappa shape index (κ1) is 13.5. The molecular weight excluding hydrogens is 284 g/mol. The Morgan fingerprint density at radius 3 is 2.76 bits per heavy atom. The molecule has 0 aliphatic heterocycles. The summed E-state index contributed by atoms with van der Waals surface area (Å²) in [5.41, 5.74) is 1.58. The van der Waals surface area contributed by atoms with Crippen molar-refractivity contribution < 1.29 is 4.79 Å². The molecule has 0 saturated heterocycles. The number of rotatable bonds is 5. The van der Waals surface area contributed by atoms with Crippen molar-refractivity contribution in [1.29, 1.82) is 0 Å². The number of carbonyl (C=O) groups is 1. The lowest BCUT2D eigenvalue weighted by Crippen LogP contribution is -2.04. The molecule has 6 heteroatoms. The third-order valence-electron chi connectivity index (χ3n) is 2.87. The molecule has 0 fully saturated rings. The topological polar surface area (TPSA) is 60.7 Å². The number of aromatic nitrogens is 4. The van der Waals surface area contributed by atoms with Crippen LogP contribution >= 0.6 is 11.8 Å². The molecule has 5 nitrogen and oxygen atoms in total. The van der Waals surface area contributed by atoms with Crippen LogP contribution in [-0.2, 0) is 0 Å². The van der Waals surface area contributed by atoms with Gasteiger partial charge in [0.2, 0.25) is 0 Å². The van der Waals surface area contributed by atoms with E-state index in [9.17, 15) is 4.79 Å². The molecule has 0 aliphatic carbocycles. The fourth-order valence-electron chi connectivity index (χ4n) is 1.83. The predicted octanol–water partition coefficient (Wildman–Crippen LogP) is 2.64. The summed E-state index contributed by atoms with van der Waals surface area (Å²) < 4.78 is 1.82. The lowest BCUT2D eigenvalue weighted by molar-refractivity contribution is 0.102. The number of nitrogens with zero attached hydrogens (tertiary/aromatic N) is 4. The van der Waals surface area contributed by atoms with Gasteiger partial charge >= 0.3 is 0 Å². The molecule has 21 heavy (non-hydrogen) atoms. The normalized spacial score (nSPS) is 10.5. The number of hydrogen-bond donors (Lipinski definition) is 0. The van der Waals surface area contributed by atoms with Gasteiger partial charge in [0.05, 0.1) is 17.6 Å². The average Bonchev–Trinajstić information content (AvgIpc) is 3.03. The molecule has 0 atom stereocenters. The molecule has 0 N–H and O–H groups in total. The second-order valence-electron chi connectivity index (χ2n) is 4.27. The molecule has 0 amide bonds. The highest BCUT2D eigenvalue weighted by molar-refractivity contribution is 7.99. The largest absolute Gasteiger partial charge is 0.293 e. The zero-order chi connectivity index (χ0) is 14.5. The zero-order valence-corrected chi connectivity index (χ0v) is 11.9. The summed E-state index contributed by atoms with van der Waals surface area (Å²) in [6.07, 6.45) is 5.05. The van der Waals surface area contributed by atoms with Gasteiger partial charge < -0.3 is 0 Å². The van der Waals surface area contributed by atoms with E-state index in [4.69, 9.17) is 0 Å². The maximum Gasteiger partial charge on any atom is 0.196 e. The average molecular weight is 296 g/mol. The summed E-state index contributed by atoms with van der Waals surface area (Å²) in [6, 6.07) is 13.0. The van der Waals surface area contributed by atoms with Crippen molar-refractivity contribution in [2.75, 3.05) is 5.75 Å². The van der Waals surface area contributed by atoms with Crippen LogP contribution in [0.3, 0.4) is 0 Å². The maximum absolute atomic E-state index is 12.1. The fourth-order valence-corrected chi connectivity index (χ4v) is 2.66. The van der Waals surface area contributed by atoms with Crippen LogP contribution in [0.1, 0.15) is 10.4 Å². The summed E-state index contributed by atoms with van der Waals surface area (Å²) >= 11 is 1.36. The van der Waals surface area contributed by atoms with Gasteiger partial charge in [-0.3, -0.25) is 14.3 Å². The molecule has 104 valence electrons. The van der Waals surface area contributed by atoms with Crippen molar-refractivity contribution in [2.45, 2.75) is 5.16 Å². The Morgan fingerprint density at radius 1 is 1.14 bits per heavy atom. The van der Waals surface area contributed by atoms with Gasteiger partial charge in [0.15, 0.2) is 10.9 Å². The first-order valence-electron chi connectivity index (χ1n) is 6.36. The van der Waals surface area contributed by atoms with Crippen molar-refractivity contribution in [3.05, 3.63) is 66.7 Å². The zero-order valence-electron chi connectivity index (χ0n) is 11.1. The van der Waals surface area contributed by atoms with Crippen molar-refractivity contribution in [3.8, 4) is 5.69 Å². The van der Waals surface area contributed by atoms with Crippen LogP contribution < -0.4 is 0 Å². The summed E-state index contributed by atoms with van der Waals surface area (Å²) in [4.78, 5) is 16.2. The van der Waals surface area contributed by atoms with Crippen LogP contribution in [0.25, 0.3) is 5.69 Å². The molecule has 0 saturated carbocycles. The quantitative estimate of drug-likeness (QED) is 0.535. The second-order valence-corrected chi connectivity index (χ2v) is 5.22. The number of Topliss-reactive ketones (excluding diaryl/α,β-unsaturated/α-hetero) is 1. The Morgan fingerprint density at radius 2 is 2.00 bits per heavy atom. The highest BCUT2D eigenvalue weighted by Crippen LogP contribution is 2.19. The minimum atomic E-state index is 0.0707. The van der Waals surface area contributed by atoms with E-state index < -0.39 is 0 Å². The Hall–Kier alpha value is -2.47. The summed E-state index contributed by atoms with van der Waals surface area (Å²) in [5, 5.41) is 8.63. The van der Waals surface area contributed by atoms with Gasteiger partial charge in [0.25, 0.3) is 0 Å². The highest BCUT2D eigenvalue weighted by atomic mass is 32.2. The smallest absolute Gasteiger partial charge is 0.196 e. The third-order valence-corrected chi connectivity index (χ3v) is 3.81. The van der Waals surface area contributed by atoms with Gasteiger partial charge in [-0.2, -0.15) is 0 Å². The first-order valence-corrected chi connectivity index (χ1v) is 7.34. The molecule has 0 aliphatic rings. The molecule has 3 aromatic rings. The summed E-state index contributed by atoms with van der Waals surface area (Å²) in [7, 11) is 0. The lowest BCUT2D eigenvalue weighted by Gasteiger charge is -2.05. The Kier molecular flexibility index (Phi) is 4.07. The van der Waals surface area contributed by atoms with E-state index >= 15 is 0 Å². The van der Waals surface area contributed by atoms with Crippen LogP contribution in [-0.4, -0.2) is 31.3 Å². The van der Waals surface area contributed by atoms with E-state index in [1.807, 2.05) is 47.0 Å². The molecule has 1 aromatic carbocycles. The van der Waals surface area contributed by atoms with Gasteiger partial charge in [0, 0.05) is 11.8 Å². The standard InChI is InChI=1S/C15H12N4OS/c20-14(12-5-2-1-3-6-12)10-21-15-18-17-11-19(15)13-7-4-8-16-9-13/h1-9,11H,10H2. The SMILES string of the molecule is O=C(CSc1nncn1-c1cccnc1)c1ccccc1. The Bertz CT molecular complexity index is 728. The van der Waals surface area contributed by atoms with Crippen LogP contribution in [0.4, 0.5) is 0 Å². The minimum absolute atomic E-state index is 0.0707. The molecule has 0 spiro atoms. The van der Waals surface area contributed by atoms with Crippen LogP contribution in [0.5, 0.6) is 0 Å². The van der Waals surface area contributed by atoms with Gasteiger partial charge in [-0.1, -0.05) is 42.1 Å². The van der Waals surface area contributed by atoms with Crippen LogP contribution in [0, 0.1) is 0 Å². The van der Waals surface area contributed by atoms with Crippen molar-refractivity contribution in [1.82, 2.24) is 19.7 Å². The van der Waals surface area contributed by atoms with E-state index in [1.165, 1.54) is 11.8 Å². The predicted molar refractivity (Wildman–Crippen MR) is 80.7 cm³/mol. The molecule has 3 rings (SSSR count). The molecule has 0 radical (unpaired) electrons. The van der Waals surface area contributed by atoms with E-state index in [-0.39, 0.29) is 5.78 Å². The molecule has 2 heterocycles. The van der Waals surface area contributed by atoms with Crippen LogP contribution in [0.2, 0.25) is 0 Å². The van der Waals surface area contributed by atoms with E-state index in [0.29, 0.717) is 16.5 Å². The number of thioether (sulfide) groups is 1. The number of pyridine rings is 1. The van der Waals surface area contributed by atoms with E-state index in [2.05, 4.69) is 15.2 Å². The molecule has 0 bridgehead atoms. The third kappa shape index (κ3) is 3.17. The fraction of sp³-hybridized carbons (Fsp3) is 0.0667. The van der Waals surface area contributed by atoms with Gasteiger partial charge in [-0.25, -0.2) is 0 Å². The number of ketones is 1. The second kappa shape index (κ2) is 6.32. The van der Waals surface area contributed by atoms with E-state index in [1.54, 1.807) is 18.7 Å². The molecular formula is C15H12N4OS. The highest BCUT2D eigenvalue weighted by Gasteiger charge is 2.11. The summed E-state index contributed by atoms with van der Waals surface area (Å²) in [6.45, 7) is 0. The minimum Gasteiger partial charge on any atom is -0.293 e.